The van der Waals surface area contributed by atoms with Crippen molar-refractivity contribution >= 4 is 11.6 Å². The second-order valence-electron chi connectivity index (χ2n) is 5.95. The summed E-state index contributed by atoms with van der Waals surface area (Å²) in [6.45, 7) is 11.5. The molecule has 0 aliphatic rings. The average molecular weight is 254 g/mol. The van der Waals surface area contributed by atoms with Crippen LogP contribution in [0.5, 0.6) is 0 Å². The molecule has 0 spiro atoms. The van der Waals surface area contributed by atoms with Crippen LogP contribution in [0.4, 0.5) is 0 Å². The van der Waals surface area contributed by atoms with Crippen LogP contribution in [0.15, 0.2) is 18.3 Å². The van der Waals surface area contributed by atoms with Crippen molar-refractivity contribution < 1.29 is 0 Å². The maximum absolute atomic E-state index is 6.17. The van der Waals surface area contributed by atoms with Gasteiger partial charge in [0.1, 0.15) is 0 Å². The Bertz CT molecular complexity index is 358. The Balaban J connectivity index is 2.62. The summed E-state index contributed by atoms with van der Waals surface area (Å²) in [4.78, 5) is 4.39. The zero-order chi connectivity index (χ0) is 13.1. The monoisotopic (exact) mass is 253 g/mol. The predicted molar refractivity (Wildman–Crippen MR) is 75.5 cm³/mol. The number of nitrogens with zero attached hydrogens (tertiary/aromatic N) is 1. The van der Waals surface area contributed by atoms with E-state index >= 15 is 0 Å². The molecule has 0 fully saturated rings. The Morgan fingerprint density at radius 1 is 1.29 bits per heavy atom. The molecule has 17 heavy (non-hydrogen) atoms. The van der Waals surface area contributed by atoms with Gasteiger partial charge in [0.05, 0.1) is 10.7 Å². The van der Waals surface area contributed by atoms with E-state index in [2.05, 4.69) is 39.6 Å². The van der Waals surface area contributed by atoms with Crippen LogP contribution in [0.3, 0.4) is 0 Å². The fourth-order valence-corrected chi connectivity index (χ4v) is 2.08. The van der Waals surface area contributed by atoms with Crippen molar-refractivity contribution in [3.63, 3.8) is 0 Å². The van der Waals surface area contributed by atoms with Crippen LogP contribution in [0, 0.1) is 11.3 Å². The highest BCUT2D eigenvalue weighted by molar-refractivity contribution is 6.31. The zero-order valence-corrected chi connectivity index (χ0v) is 12.4. The SMILES string of the molecule is CC(CCC(C)(C)C(C)C)c1ncccc1Cl. The molecule has 0 N–H and O–H groups in total. The molecule has 1 heterocycles. The van der Waals surface area contributed by atoms with E-state index in [1.807, 2.05) is 18.3 Å². The number of rotatable bonds is 5. The van der Waals surface area contributed by atoms with Crippen molar-refractivity contribution in [2.24, 2.45) is 11.3 Å². The molecule has 0 aliphatic carbocycles. The maximum Gasteiger partial charge on any atom is 0.0624 e. The molecule has 1 aromatic rings. The van der Waals surface area contributed by atoms with Crippen molar-refractivity contribution in [1.29, 1.82) is 0 Å². The van der Waals surface area contributed by atoms with Crippen molar-refractivity contribution in [2.45, 2.75) is 53.4 Å². The average Bonchev–Trinajstić information content (AvgIpc) is 2.26. The third-order valence-corrected chi connectivity index (χ3v) is 4.36. The summed E-state index contributed by atoms with van der Waals surface area (Å²) < 4.78 is 0. The molecule has 0 bridgehead atoms. The molecule has 1 atom stereocenters. The zero-order valence-electron chi connectivity index (χ0n) is 11.6. The van der Waals surface area contributed by atoms with E-state index in [1.54, 1.807) is 0 Å². The molecule has 1 unspecified atom stereocenters. The van der Waals surface area contributed by atoms with Crippen LogP contribution in [0.25, 0.3) is 0 Å². The van der Waals surface area contributed by atoms with Crippen LogP contribution >= 0.6 is 11.6 Å². The minimum atomic E-state index is 0.384. The van der Waals surface area contributed by atoms with E-state index in [4.69, 9.17) is 11.6 Å². The number of hydrogen-bond donors (Lipinski definition) is 0. The van der Waals surface area contributed by atoms with Crippen LogP contribution in [-0.2, 0) is 0 Å². The lowest BCUT2D eigenvalue weighted by Crippen LogP contribution is -2.19. The molecule has 0 radical (unpaired) electrons. The van der Waals surface area contributed by atoms with E-state index in [0.29, 0.717) is 17.3 Å². The van der Waals surface area contributed by atoms with E-state index in [-0.39, 0.29) is 0 Å². The third-order valence-electron chi connectivity index (χ3n) is 4.04. The van der Waals surface area contributed by atoms with Crippen LogP contribution < -0.4 is 0 Å². The Kier molecular flexibility index (Phi) is 5.00. The van der Waals surface area contributed by atoms with Gasteiger partial charge in [-0.25, -0.2) is 0 Å². The summed E-state index contributed by atoms with van der Waals surface area (Å²) in [7, 11) is 0. The summed E-state index contributed by atoms with van der Waals surface area (Å²) in [5, 5.41) is 0.794. The van der Waals surface area contributed by atoms with Crippen LogP contribution in [0.1, 0.15) is 59.1 Å². The van der Waals surface area contributed by atoms with E-state index in [0.717, 1.165) is 17.1 Å². The molecular weight excluding hydrogens is 230 g/mol. The molecule has 1 aromatic heterocycles. The second-order valence-corrected chi connectivity index (χ2v) is 6.36. The molecule has 1 rings (SSSR count). The first-order chi connectivity index (χ1) is 7.84. The van der Waals surface area contributed by atoms with Crippen LogP contribution in [0.2, 0.25) is 5.02 Å². The number of pyridine rings is 1. The predicted octanol–water partition coefficient (Wildman–Crippen LogP) is 5.30. The highest BCUT2D eigenvalue weighted by Gasteiger charge is 2.23. The first-order valence-electron chi connectivity index (χ1n) is 6.45. The molecule has 96 valence electrons. The van der Waals surface area contributed by atoms with Gasteiger partial charge in [0.2, 0.25) is 0 Å². The lowest BCUT2D eigenvalue weighted by Gasteiger charge is -2.30. The highest BCUT2D eigenvalue weighted by Crippen LogP contribution is 2.35. The first kappa shape index (κ1) is 14.5. The van der Waals surface area contributed by atoms with Crippen LogP contribution in [-0.4, -0.2) is 4.98 Å². The Morgan fingerprint density at radius 3 is 2.47 bits per heavy atom. The Labute approximate surface area is 111 Å². The lowest BCUT2D eigenvalue weighted by atomic mass is 9.76. The van der Waals surface area contributed by atoms with Gasteiger partial charge in [0, 0.05) is 6.20 Å². The van der Waals surface area contributed by atoms with Gasteiger partial charge in [0.25, 0.3) is 0 Å². The van der Waals surface area contributed by atoms with E-state index in [9.17, 15) is 0 Å². The van der Waals surface area contributed by atoms with Gasteiger partial charge in [-0.3, -0.25) is 4.98 Å². The van der Waals surface area contributed by atoms with E-state index < -0.39 is 0 Å². The molecule has 0 aromatic carbocycles. The largest absolute Gasteiger partial charge is 0.259 e. The summed E-state index contributed by atoms with van der Waals surface area (Å²) >= 11 is 6.17. The van der Waals surface area contributed by atoms with Gasteiger partial charge in [-0.05, 0) is 42.2 Å². The van der Waals surface area contributed by atoms with Gasteiger partial charge in [-0.2, -0.15) is 0 Å². The number of halogens is 1. The Morgan fingerprint density at radius 2 is 1.94 bits per heavy atom. The normalized spacial score (nSPS) is 14.1. The third kappa shape index (κ3) is 3.99. The standard InChI is InChI=1S/C15H24ClN/c1-11(2)15(4,5)9-8-12(3)14-13(16)7-6-10-17-14/h6-7,10-12H,8-9H2,1-5H3. The minimum absolute atomic E-state index is 0.384. The van der Waals surface area contributed by atoms with Crippen molar-refractivity contribution in [3.8, 4) is 0 Å². The molecule has 0 saturated heterocycles. The first-order valence-corrected chi connectivity index (χ1v) is 6.83. The minimum Gasteiger partial charge on any atom is -0.259 e. The molecule has 2 heteroatoms. The molecule has 0 amide bonds. The molecule has 0 aliphatic heterocycles. The number of hydrogen-bond acceptors (Lipinski definition) is 1. The summed E-state index contributed by atoms with van der Waals surface area (Å²) in [6, 6.07) is 3.81. The highest BCUT2D eigenvalue weighted by atomic mass is 35.5. The molecule has 0 saturated carbocycles. The van der Waals surface area contributed by atoms with Crippen molar-refractivity contribution in [1.82, 2.24) is 4.98 Å². The van der Waals surface area contributed by atoms with Gasteiger partial charge >= 0.3 is 0 Å². The van der Waals surface area contributed by atoms with Gasteiger partial charge in [0.15, 0.2) is 0 Å². The number of aromatic nitrogens is 1. The summed E-state index contributed by atoms with van der Waals surface area (Å²) in [5.41, 5.74) is 1.42. The summed E-state index contributed by atoms with van der Waals surface area (Å²) in [5.74, 6) is 1.13. The fourth-order valence-electron chi connectivity index (χ4n) is 1.77. The quantitative estimate of drug-likeness (QED) is 0.694. The topological polar surface area (TPSA) is 12.9 Å². The lowest BCUT2D eigenvalue weighted by molar-refractivity contribution is 0.218. The van der Waals surface area contributed by atoms with Gasteiger partial charge < -0.3 is 0 Å². The van der Waals surface area contributed by atoms with Gasteiger partial charge in [-0.15, -0.1) is 0 Å². The van der Waals surface area contributed by atoms with Crippen molar-refractivity contribution in [2.75, 3.05) is 0 Å². The Hall–Kier alpha value is -0.560. The second kappa shape index (κ2) is 5.86. The fraction of sp³-hybridized carbons (Fsp3) is 0.667. The van der Waals surface area contributed by atoms with E-state index in [1.165, 1.54) is 6.42 Å². The maximum atomic E-state index is 6.17. The van der Waals surface area contributed by atoms with Crippen molar-refractivity contribution in [3.05, 3.63) is 29.0 Å². The van der Waals surface area contributed by atoms with Gasteiger partial charge in [-0.1, -0.05) is 46.2 Å². The summed E-state index contributed by atoms with van der Waals surface area (Å²) in [6.07, 6.45) is 4.17. The smallest absolute Gasteiger partial charge is 0.0624 e. The molecule has 1 nitrogen and oxygen atoms in total. The molecular formula is C15H24ClN.